The van der Waals surface area contributed by atoms with Gasteiger partial charge in [0.05, 0.1) is 18.0 Å². The Hall–Kier alpha value is -3.36. The smallest absolute Gasteiger partial charge is 0.256 e. The van der Waals surface area contributed by atoms with E-state index in [0.717, 1.165) is 36.0 Å². The Morgan fingerprint density at radius 2 is 1.58 bits per heavy atom. The van der Waals surface area contributed by atoms with Crippen LogP contribution < -0.4 is 4.90 Å². The highest BCUT2D eigenvalue weighted by molar-refractivity contribution is 5.98. The highest BCUT2D eigenvalue weighted by Gasteiger charge is 2.43. The molecule has 0 aliphatic carbocycles. The number of rotatable bonds is 3. The van der Waals surface area contributed by atoms with E-state index in [1.165, 1.54) is 23.3 Å². The van der Waals surface area contributed by atoms with Gasteiger partial charge in [-0.15, -0.1) is 4.80 Å². The topological polar surface area (TPSA) is 80.0 Å². The van der Waals surface area contributed by atoms with E-state index < -0.39 is 5.82 Å². The number of carbonyl (C=O) groups excluding carboxylic acids is 1. The third-order valence-corrected chi connectivity index (χ3v) is 6.51. The predicted molar refractivity (Wildman–Crippen MR) is 113 cm³/mol. The van der Waals surface area contributed by atoms with Crippen molar-refractivity contribution in [1.29, 1.82) is 0 Å². The normalized spacial score (nSPS) is 20.4. The molecule has 2 aromatic heterocycles. The fraction of sp³-hybridized carbons (Fsp3) is 0.409. The summed E-state index contributed by atoms with van der Waals surface area (Å²) in [4.78, 5) is 27.8. The molecule has 0 bridgehead atoms. The molecule has 8 nitrogen and oxygen atoms in total. The lowest BCUT2D eigenvalue weighted by atomic mass is 10.0. The summed E-state index contributed by atoms with van der Waals surface area (Å²) < 4.78 is 14.5. The van der Waals surface area contributed by atoms with Gasteiger partial charge in [-0.2, -0.15) is 10.2 Å². The van der Waals surface area contributed by atoms with Crippen LogP contribution in [0.25, 0.3) is 5.69 Å². The molecule has 1 aromatic carbocycles. The van der Waals surface area contributed by atoms with Crippen LogP contribution in [0.1, 0.15) is 27.3 Å². The molecule has 1 amide bonds. The molecule has 9 heteroatoms. The number of carbonyl (C=O) groups is 1. The molecular weight excluding hydrogens is 397 g/mol. The maximum absolute atomic E-state index is 14.5. The van der Waals surface area contributed by atoms with E-state index in [1.807, 2.05) is 25.7 Å². The Kier molecular flexibility index (Phi) is 4.68. The molecule has 31 heavy (non-hydrogen) atoms. The second-order valence-corrected chi connectivity index (χ2v) is 8.41. The number of halogens is 1. The zero-order chi connectivity index (χ0) is 21.7. The minimum absolute atomic E-state index is 0.0928. The van der Waals surface area contributed by atoms with Crippen molar-refractivity contribution in [1.82, 2.24) is 29.9 Å². The summed E-state index contributed by atoms with van der Waals surface area (Å²) in [7, 11) is 0. The third-order valence-electron chi connectivity index (χ3n) is 6.51. The number of aromatic nitrogens is 5. The Morgan fingerprint density at radius 3 is 2.19 bits per heavy atom. The Balaban J connectivity index is 1.34. The fourth-order valence-corrected chi connectivity index (χ4v) is 4.61. The number of nitrogens with zero attached hydrogens (tertiary/aromatic N) is 7. The van der Waals surface area contributed by atoms with Crippen molar-refractivity contribution in [3.8, 4) is 5.69 Å². The van der Waals surface area contributed by atoms with E-state index in [1.54, 1.807) is 12.1 Å². The highest BCUT2D eigenvalue weighted by Crippen LogP contribution is 2.34. The molecule has 0 spiro atoms. The number of aryl methyl sites for hydroxylation is 2. The second kappa shape index (κ2) is 7.40. The molecular formula is C22H24FN7O. The van der Waals surface area contributed by atoms with Gasteiger partial charge in [-0.25, -0.2) is 14.4 Å². The molecule has 2 saturated heterocycles. The summed E-state index contributed by atoms with van der Waals surface area (Å²) in [5.41, 5.74) is 3.50. The Bertz CT molecular complexity index is 1110. The SMILES string of the molecule is Cc1nc(N2CC3CN(C(=O)c4cccc(F)c4-n4nccn4)CC3C2)nc(C)c1C. The fourth-order valence-electron chi connectivity index (χ4n) is 4.61. The molecule has 160 valence electrons. The Labute approximate surface area is 179 Å². The van der Waals surface area contributed by atoms with Crippen LogP contribution in [-0.2, 0) is 0 Å². The second-order valence-electron chi connectivity index (χ2n) is 8.41. The predicted octanol–water partition coefficient (Wildman–Crippen LogP) is 2.33. The van der Waals surface area contributed by atoms with E-state index in [4.69, 9.17) is 0 Å². The largest absolute Gasteiger partial charge is 0.340 e. The van der Waals surface area contributed by atoms with Crippen molar-refractivity contribution in [3.63, 3.8) is 0 Å². The number of fused-ring (bicyclic) bond motifs is 1. The molecule has 0 radical (unpaired) electrons. The van der Waals surface area contributed by atoms with Gasteiger partial charge in [-0.3, -0.25) is 4.79 Å². The van der Waals surface area contributed by atoms with Gasteiger partial charge in [0.25, 0.3) is 5.91 Å². The highest BCUT2D eigenvalue weighted by atomic mass is 19.1. The summed E-state index contributed by atoms with van der Waals surface area (Å²) in [5.74, 6) is 0.745. The van der Waals surface area contributed by atoms with Gasteiger partial charge in [-0.1, -0.05) is 6.07 Å². The summed E-state index contributed by atoms with van der Waals surface area (Å²) in [5, 5.41) is 8.02. The van der Waals surface area contributed by atoms with Gasteiger partial charge >= 0.3 is 0 Å². The summed E-state index contributed by atoms with van der Waals surface area (Å²) in [6.45, 7) is 8.95. The molecule has 0 N–H and O–H groups in total. The molecule has 2 aliphatic heterocycles. The average molecular weight is 421 g/mol. The van der Waals surface area contributed by atoms with Crippen LogP contribution in [0.15, 0.2) is 30.6 Å². The van der Waals surface area contributed by atoms with Crippen molar-refractivity contribution in [3.05, 3.63) is 58.9 Å². The minimum atomic E-state index is -0.519. The van der Waals surface area contributed by atoms with Crippen molar-refractivity contribution >= 4 is 11.9 Å². The standard InChI is InChI=1S/C22H24FN7O/c1-13-14(2)26-22(27-15(13)3)29-11-16-9-28(10-17(16)12-29)21(31)18-5-4-6-19(23)20(18)30-24-7-8-25-30/h4-8,16-17H,9-12H2,1-3H3. The van der Waals surface area contributed by atoms with Crippen LogP contribution in [0.3, 0.4) is 0 Å². The van der Waals surface area contributed by atoms with Crippen molar-refractivity contribution in [2.24, 2.45) is 11.8 Å². The van der Waals surface area contributed by atoms with Crippen LogP contribution in [0.4, 0.5) is 10.3 Å². The number of hydrogen-bond acceptors (Lipinski definition) is 6. The number of para-hydroxylation sites is 1. The number of anilines is 1. The van der Waals surface area contributed by atoms with Gasteiger partial charge in [0, 0.05) is 49.4 Å². The van der Waals surface area contributed by atoms with E-state index in [0.29, 0.717) is 24.9 Å². The third kappa shape index (κ3) is 3.34. The number of hydrogen-bond donors (Lipinski definition) is 0. The first-order chi connectivity index (χ1) is 14.9. The molecule has 2 fully saturated rings. The van der Waals surface area contributed by atoms with Crippen LogP contribution in [0, 0.1) is 38.4 Å². The zero-order valence-corrected chi connectivity index (χ0v) is 17.8. The first kappa shape index (κ1) is 19.6. The van der Waals surface area contributed by atoms with Gasteiger partial charge in [0.2, 0.25) is 5.95 Å². The quantitative estimate of drug-likeness (QED) is 0.646. The van der Waals surface area contributed by atoms with Crippen molar-refractivity contribution in [2.75, 3.05) is 31.1 Å². The van der Waals surface area contributed by atoms with Crippen molar-refractivity contribution in [2.45, 2.75) is 20.8 Å². The molecule has 4 heterocycles. The summed E-state index contributed by atoms with van der Waals surface area (Å²) >= 11 is 0. The maximum atomic E-state index is 14.5. The average Bonchev–Trinajstić information content (AvgIpc) is 3.47. The number of amides is 1. The van der Waals surface area contributed by atoms with Crippen molar-refractivity contribution < 1.29 is 9.18 Å². The first-order valence-corrected chi connectivity index (χ1v) is 10.4. The van der Waals surface area contributed by atoms with Crippen LogP contribution in [0.2, 0.25) is 0 Å². The minimum Gasteiger partial charge on any atom is -0.340 e. The molecule has 2 atom stereocenters. The van der Waals surface area contributed by atoms with Gasteiger partial charge in [-0.05, 0) is 38.5 Å². The lowest BCUT2D eigenvalue weighted by molar-refractivity contribution is 0.0781. The number of likely N-dealkylation sites (tertiary alicyclic amines) is 1. The van der Waals surface area contributed by atoms with Gasteiger partial charge in [0.15, 0.2) is 5.82 Å². The Morgan fingerprint density at radius 1 is 0.968 bits per heavy atom. The van der Waals surface area contributed by atoms with Crippen LogP contribution >= 0.6 is 0 Å². The lowest BCUT2D eigenvalue weighted by Gasteiger charge is -2.23. The number of benzene rings is 1. The molecule has 2 aliphatic rings. The molecule has 2 unspecified atom stereocenters. The lowest BCUT2D eigenvalue weighted by Crippen LogP contribution is -2.34. The van der Waals surface area contributed by atoms with E-state index in [-0.39, 0.29) is 17.2 Å². The zero-order valence-electron chi connectivity index (χ0n) is 17.8. The summed E-state index contributed by atoms with van der Waals surface area (Å²) in [6.07, 6.45) is 2.93. The van der Waals surface area contributed by atoms with Gasteiger partial charge < -0.3 is 9.80 Å². The van der Waals surface area contributed by atoms with Gasteiger partial charge in [0.1, 0.15) is 5.69 Å². The monoisotopic (exact) mass is 421 g/mol. The van der Waals surface area contributed by atoms with Crippen LogP contribution in [-0.4, -0.2) is 61.9 Å². The maximum Gasteiger partial charge on any atom is 0.256 e. The van der Waals surface area contributed by atoms with E-state index in [9.17, 15) is 9.18 Å². The molecule has 0 saturated carbocycles. The summed E-state index contributed by atoms with van der Waals surface area (Å²) in [6, 6.07) is 4.50. The van der Waals surface area contributed by atoms with E-state index in [2.05, 4.69) is 25.1 Å². The van der Waals surface area contributed by atoms with E-state index >= 15 is 0 Å². The molecule has 5 rings (SSSR count). The molecule has 3 aromatic rings. The first-order valence-electron chi connectivity index (χ1n) is 10.4. The van der Waals surface area contributed by atoms with Crippen LogP contribution in [0.5, 0.6) is 0 Å².